The van der Waals surface area contributed by atoms with Gasteiger partial charge in [-0.25, -0.2) is 8.78 Å². The normalized spacial score (nSPS) is 30.9. The lowest BCUT2D eigenvalue weighted by Gasteiger charge is -2.51. The Morgan fingerprint density at radius 2 is 1.76 bits per heavy atom. The number of hydrogen-bond donors (Lipinski definition) is 2. The Labute approximate surface area is 131 Å². The third kappa shape index (κ3) is 3.16. The molecule has 0 spiro atoms. The smallest absolute Gasteiger partial charge is 0.380 e. The minimum atomic E-state index is -4.96. The van der Waals surface area contributed by atoms with Crippen LogP contribution in [0.5, 0.6) is 0 Å². The van der Waals surface area contributed by atoms with E-state index >= 15 is 0 Å². The number of benzene rings is 1. The van der Waals surface area contributed by atoms with Crippen LogP contribution in [-0.4, -0.2) is 8.71 Å². The van der Waals surface area contributed by atoms with Crippen LogP contribution in [0.2, 0.25) is 0 Å². The first-order valence-electron chi connectivity index (χ1n) is 6.09. The average molecular weight is 421 g/mol. The highest BCUT2D eigenvalue weighted by molar-refractivity contribution is 14.1. The molecule has 8 heteroatoms. The average Bonchev–Trinajstić information content (AvgIpc) is 2.26. The van der Waals surface area contributed by atoms with E-state index in [0.29, 0.717) is 6.07 Å². The van der Waals surface area contributed by atoms with Gasteiger partial charge in [-0.2, -0.15) is 13.2 Å². The number of hydrogen-bond acceptors (Lipinski definition) is 2. The van der Waals surface area contributed by atoms with Crippen molar-refractivity contribution in [3.8, 4) is 0 Å². The van der Waals surface area contributed by atoms with Crippen molar-refractivity contribution in [2.24, 2.45) is 11.1 Å². The van der Waals surface area contributed by atoms with Gasteiger partial charge in [0.2, 0.25) is 0 Å². The van der Waals surface area contributed by atoms with Gasteiger partial charge in [0, 0.05) is 11.6 Å². The molecule has 0 aliphatic heterocycles. The van der Waals surface area contributed by atoms with E-state index in [0.717, 1.165) is 0 Å². The maximum Gasteiger partial charge on any atom is 0.419 e. The molecule has 0 unspecified atom stereocenters. The van der Waals surface area contributed by atoms with Crippen molar-refractivity contribution in [3.05, 3.63) is 34.9 Å². The molecular weight excluding hydrogens is 408 g/mol. The van der Waals surface area contributed by atoms with Crippen molar-refractivity contribution in [1.29, 1.82) is 0 Å². The van der Waals surface area contributed by atoms with Gasteiger partial charge in [-0.15, -0.1) is 0 Å². The van der Waals surface area contributed by atoms with Crippen LogP contribution in [0.25, 0.3) is 0 Å². The van der Waals surface area contributed by atoms with Crippen LogP contribution in [-0.2, 0) is 6.18 Å². The minimum Gasteiger partial charge on any atom is -0.380 e. The fraction of sp³-hybridized carbons (Fsp3) is 0.538. The monoisotopic (exact) mass is 421 g/mol. The second-order valence-corrected chi connectivity index (χ2v) is 7.76. The van der Waals surface area contributed by atoms with Crippen LogP contribution in [0.15, 0.2) is 12.1 Å². The summed E-state index contributed by atoms with van der Waals surface area (Å²) in [6, 6.07) is -0.370. The number of aliphatic hydroxyl groups is 1. The molecule has 3 N–H and O–H groups in total. The Morgan fingerprint density at radius 1 is 1.24 bits per heavy atom. The van der Waals surface area contributed by atoms with E-state index in [4.69, 9.17) is 5.73 Å². The first kappa shape index (κ1) is 16.9. The zero-order valence-electron chi connectivity index (χ0n) is 10.9. The SMILES string of the molecule is C[C@]1([C@@H](N)c2cc(F)c(C(F)(F)F)cc2F)C[C@](O)(I)C1. The van der Waals surface area contributed by atoms with Gasteiger partial charge in [-0.3, -0.25) is 0 Å². The molecule has 1 aromatic rings. The highest BCUT2D eigenvalue weighted by Gasteiger charge is 2.53. The molecule has 0 bridgehead atoms. The summed E-state index contributed by atoms with van der Waals surface area (Å²) in [6.07, 6.45) is -4.45. The molecule has 2 rings (SSSR count). The number of alkyl halides is 4. The second kappa shape index (κ2) is 5.02. The van der Waals surface area contributed by atoms with E-state index in [9.17, 15) is 27.1 Å². The van der Waals surface area contributed by atoms with Crippen LogP contribution in [0.3, 0.4) is 0 Å². The third-order valence-corrected chi connectivity index (χ3v) is 4.59. The molecule has 118 valence electrons. The van der Waals surface area contributed by atoms with Gasteiger partial charge in [0.15, 0.2) is 0 Å². The molecule has 0 aromatic heterocycles. The number of rotatable bonds is 2. The molecule has 1 aliphatic carbocycles. The topological polar surface area (TPSA) is 46.2 Å². The summed E-state index contributed by atoms with van der Waals surface area (Å²) in [6.45, 7) is 1.68. The lowest BCUT2D eigenvalue weighted by Crippen LogP contribution is -2.51. The first-order chi connectivity index (χ1) is 9.36. The molecule has 1 atom stereocenters. The Kier molecular flexibility index (Phi) is 4.04. The van der Waals surface area contributed by atoms with E-state index in [1.807, 2.05) is 22.6 Å². The van der Waals surface area contributed by atoms with Gasteiger partial charge in [-0.05, 0) is 53.0 Å². The fourth-order valence-electron chi connectivity index (χ4n) is 2.80. The summed E-state index contributed by atoms with van der Waals surface area (Å²) in [5, 5.41) is 9.73. The Hall–Kier alpha value is -0.480. The fourth-order valence-corrected chi connectivity index (χ4v) is 4.54. The largest absolute Gasteiger partial charge is 0.419 e. The van der Waals surface area contributed by atoms with Crippen molar-refractivity contribution >= 4 is 22.6 Å². The first-order valence-corrected chi connectivity index (χ1v) is 7.17. The highest BCUT2D eigenvalue weighted by Crippen LogP contribution is 2.57. The zero-order valence-corrected chi connectivity index (χ0v) is 13.1. The van der Waals surface area contributed by atoms with Crippen molar-refractivity contribution in [3.63, 3.8) is 0 Å². The number of halogens is 6. The molecule has 0 saturated heterocycles. The van der Waals surface area contributed by atoms with Gasteiger partial charge in [0.05, 0.1) is 5.56 Å². The van der Waals surface area contributed by atoms with Crippen molar-refractivity contribution in [2.75, 3.05) is 0 Å². The maximum absolute atomic E-state index is 13.9. The highest BCUT2D eigenvalue weighted by atomic mass is 127. The minimum absolute atomic E-state index is 0.128. The van der Waals surface area contributed by atoms with Crippen molar-refractivity contribution in [2.45, 2.75) is 35.6 Å². The lowest BCUT2D eigenvalue weighted by atomic mass is 9.62. The molecule has 2 nitrogen and oxygen atoms in total. The molecule has 21 heavy (non-hydrogen) atoms. The van der Waals surface area contributed by atoms with Gasteiger partial charge < -0.3 is 10.8 Å². The van der Waals surface area contributed by atoms with E-state index in [-0.39, 0.29) is 24.5 Å². The third-order valence-electron chi connectivity index (χ3n) is 3.83. The summed E-state index contributed by atoms with van der Waals surface area (Å²) in [4.78, 5) is 0. The van der Waals surface area contributed by atoms with Crippen LogP contribution >= 0.6 is 22.6 Å². The van der Waals surface area contributed by atoms with Gasteiger partial charge >= 0.3 is 6.18 Å². The van der Waals surface area contributed by atoms with Crippen molar-refractivity contribution in [1.82, 2.24) is 0 Å². The maximum atomic E-state index is 13.9. The van der Waals surface area contributed by atoms with Crippen molar-refractivity contribution < 1.29 is 27.1 Å². The standard InChI is InChI=1S/C13H13F5INO/c1-11(4-12(19,21)5-11)10(20)6-2-9(15)7(3-8(6)14)13(16,17)18/h2-3,10,21H,4-5,20H2,1H3/t10-,11-,12+/m0/s1. The molecule has 0 amide bonds. The molecule has 1 aromatic carbocycles. The van der Waals surface area contributed by atoms with E-state index in [2.05, 4.69) is 0 Å². The zero-order chi connectivity index (χ0) is 16.2. The summed E-state index contributed by atoms with van der Waals surface area (Å²) in [5.74, 6) is -2.75. The van der Waals surface area contributed by atoms with E-state index < -0.39 is 38.4 Å². The second-order valence-electron chi connectivity index (χ2n) is 5.75. The predicted octanol–water partition coefficient (Wildman–Crippen LogP) is 3.91. The summed E-state index contributed by atoms with van der Waals surface area (Å²) < 4.78 is 64.0. The van der Waals surface area contributed by atoms with Gasteiger partial charge in [0.1, 0.15) is 15.2 Å². The summed E-state index contributed by atoms with van der Waals surface area (Å²) >= 11 is 1.82. The molecule has 1 saturated carbocycles. The Morgan fingerprint density at radius 3 is 2.19 bits per heavy atom. The molecule has 1 aliphatic rings. The van der Waals surface area contributed by atoms with Crippen LogP contribution in [0.1, 0.15) is 36.9 Å². The molecular formula is C13H13F5INO. The van der Waals surface area contributed by atoms with Crippen LogP contribution < -0.4 is 5.73 Å². The predicted molar refractivity (Wildman–Crippen MR) is 74.6 cm³/mol. The molecule has 0 radical (unpaired) electrons. The molecule has 1 fully saturated rings. The van der Waals surface area contributed by atoms with Crippen LogP contribution in [0, 0.1) is 17.0 Å². The Balaban J connectivity index is 2.36. The van der Waals surface area contributed by atoms with Gasteiger partial charge in [-0.1, -0.05) is 6.92 Å². The molecule has 0 heterocycles. The Bertz CT molecular complexity index is 564. The summed E-state index contributed by atoms with van der Waals surface area (Å²) in [5.41, 5.74) is 3.23. The van der Waals surface area contributed by atoms with E-state index in [1.165, 1.54) is 0 Å². The lowest BCUT2D eigenvalue weighted by molar-refractivity contribution is -0.140. The summed E-state index contributed by atoms with van der Waals surface area (Å²) in [7, 11) is 0. The number of nitrogens with two attached hydrogens (primary N) is 1. The van der Waals surface area contributed by atoms with Gasteiger partial charge in [0.25, 0.3) is 0 Å². The quantitative estimate of drug-likeness (QED) is 0.432. The van der Waals surface area contributed by atoms with Crippen LogP contribution in [0.4, 0.5) is 22.0 Å². The van der Waals surface area contributed by atoms with E-state index in [1.54, 1.807) is 6.92 Å².